The van der Waals surface area contributed by atoms with E-state index in [4.69, 9.17) is 0 Å². The Labute approximate surface area is 380 Å². The van der Waals surface area contributed by atoms with Crippen LogP contribution in [0.25, 0.3) is 34.1 Å². The molecular weight excluding hydrogens is 809 g/mol. The Morgan fingerprint density at radius 1 is 0.444 bits per heavy atom. The third kappa shape index (κ3) is 8.22. The van der Waals surface area contributed by atoms with Gasteiger partial charge in [-0.25, -0.2) is 0 Å². The molecule has 9 rings (SSSR count). The van der Waals surface area contributed by atoms with Gasteiger partial charge in [-0.15, -0.1) is 0 Å². The van der Waals surface area contributed by atoms with Gasteiger partial charge < -0.3 is 9.80 Å². The van der Waals surface area contributed by atoms with Gasteiger partial charge in [0.1, 0.15) is 0 Å². The SMILES string of the molecule is C[SiH2]c1ccc(N(c2ccc([Si](C)(C)C)cc2)c2ccc(/C=C/c3ccc4c(c3)C(C)(C)c3cc(N(c5ccccc5)c5ccc([Si](C)(C)C)cc5)ccc3-4)c3ccccc23)cc1. The van der Waals surface area contributed by atoms with Crippen LogP contribution in [0, 0.1) is 0 Å². The molecule has 0 saturated carbocycles. The average Bonchev–Trinajstić information content (AvgIpc) is 3.51. The van der Waals surface area contributed by atoms with Crippen molar-refractivity contribution in [3.05, 3.63) is 198 Å². The predicted molar refractivity (Wildman–Crippen MR) is 286 cm³/mol. The summed E-state index contributed by atoms with van der Waals surface area (Å²) >= 11 is 0. The second-order valence-corrected chi connectivity index (χ2v) is 31.5. The number of benzene rings is 8. The van der Waals surface area contributed by atoms with Crippen LogP contribution >= 0.6 is 0 Å². The topological polar surface area (TPSA) is 6.48 Å². The molecule has 2 nitrogen and oxygen atoms in total. The van der Waals surface area contributed by atoms with Gasteiger partial charge in [0.15, 0.2) is 0 Å². The summed E-state index contributed by atoms with van der Waals surface area (Å²) in [7, 11) is -3.10. The van der Waals surface area contributed by atoms with Crippen LogP contribution in [0.5, 0.6) is 0 Å². The first-order chi connectivity index (χ1) is 30.2. The third-order valence-corrected chi connectivity index (χ3v) is 18.6. The molecule has 314 valence electrons. The van der Waals surface area contributed by atoms with E-state index in [1.54, 1.807) is 0 Å². The van der Waals surface area contributed by atoms with Crippen molar-refractivity contribution < 1.29 is 0 Å². The summed E-state index contributed by atoms with van der Waals surface area (Å²) in [5, 5.41) is 6.91. The van der Waals surface area contributed by atoms with Crippen molar-refractivity contribution in [2.45, 2.75) is 65.1 Å². The normalized spacial score (nSPS) is 13.5. The molecule has 0 saturated heterocycles. The molecule has 0 amide bonds. The zero-order valence-electron chi connectivity index (χ0n) is 38.5. The molecule has 8 aromatic carbocycles. The van der Waals surface area contributed by atoms with Gasteiger partial charge in [-0.05, 0) is 105 Å². The molecule has 0 unspecified atom stereocenters. The Morgan fingerprint density at radius 3 is 1.52 bits per heavy atom. The van der Waals surface area contributed by atoms with Crippen LogP contribution in [0.3, 0.4) is 0 Å². The van der Waals surface area contributed by atoms with E-state index in [2.05, 4.69) is 258 Å². The van der Waals surface area contributed by atoms with Gasteiger partial charge in [-0.2, -0.15) is 0 Å². The van der Waals surface area contributed by atoms with Crippen molar-refractivity contribution in [1.82, 2.24) is 0 Å². The van der Waals surface area contributed by atoms with E-state index in [1.807, 2.05) is 0 Å². The highest BCUT2D eigenvalue weighted by Gasteiger charge is 2.36. The van der Waals surface area contributed by atoms with Gasteiger partial charge in [-0.1, -0.05) is 197 Å². The highest BCUT2D eigenvalue weighted by atomic mass is 28.3. The molecule has 0 spiro atoms. The molecule has 8 aromatic rings. The molecule has 0 heterocycles. The van der Waals surface area contributed by atoms with Crippen LogP contribution in [-0.4, -0.2) is 25.7 Å². The standard InChI is InChI=1S/C58H60N2Si3/c1-58(2)55-39-41(20-36-52(55)53-37-29-47(40-56(53)58)59(43-15-11-10-12-16-43)44-25-32-49(33-26-44)62(4,5)6)19-21-42-22-38-57(54-18-14-13-17-51(42)54)60(45-23-30-48(61-3)31-24-45)46-27-34-50(35-28-46)63(7,8)9/h10-40H,61H2,1-9H3/b21-19+. The van der Waals surface area contributed by atoms with E-state index in [-0.39, 0.29) is 14.9 Å². The Bertz CT molecular complexity index is 2950. The van der Waals surface area contributed by atoms with E-state index in [1.165, 1.54) is 88.2 Å². The largest absolute Gasteiger partial charge is 0.310 e. The fourth-order valence-corrected chi connectivity index (χ4v) is 12.4. The molecule has 0 aromatic heterocycles. The van der Waals surface area contributed by atoms with E-state index in [9.17, 15) is 0 Å². The van der Waals surface area contributed by atoms with Crippen LogP contribution in [-0.2, 0) is 5.41 Å². The van der Waals surface area contributed by atoms with Gasteiger partial charge in [0.2, 0.25) is 0 Å². The monoisotopic (exact) mass is 868 g/mol. The lowest BCUT2D eigenvalue weighted by Gasteiger charge is -2.28. The number of nitrogens with zero attached hydrogens (tertiary/aromatic N) is 2. The van der Waals surface area contributed by atoms with Crippen molar-refractivity contribution in [1.29, 1.82) is 0 Å². The molecule has 1 aliphatic rings. The molecule has 0 radical (unpaired) electrons. The fourth-order valence-electron chi connectivity index (χ4n) is 9.37. The molecule has 0 bridgehead atoms. The summed E-state index contributed by atoms with van der Waals surface area (Å²) in [6.45, 7) is 21.6. The smallest absolute Gasteiger partial charge is 0.0775 e. The Hall–Kier alpha value is -5.99. The first-order valence-electron chi connectivity index (χ1n) is 22.7. The highest BCUT2D eigenvalue weighted by molar-refractivity contribution is 6.89. The van der Waals surface area contributed by atoms with Gasteiger partial charge in [0, 0.05) is 39.2 Å². The van der Waals surface area contributed by atoms with Crippen molar-refractivity contribution in [2.24, 2.45) is 0 Å². The molecule has 0 aliphatic heterocycles. The van der Waals surface area contributed by atoms with Crippen LogP contribution in [0.15, 0.2) is 176 Å². The molecular formula is C58H60N2Si3. The average molecular weight is 869 g/mol. The van der Waals surface area contributed by atoms with Gasteiger partial charge >= 0.3 is 0 Å². The van der Waals surface area contributed by atoms with E-state index >= 15 is 0 Å². The zero-order valence-corrected chi connectivity index (χ0v) is 41.9. The maximum absolute atomic E-state index is 2.44. The first kappa shape index (κ1) is 42.3. The summed E-state index contributed by atoms with van der Waals surface area (Å²) < 4.78 is 0. The lowest BCUT2D eigenvalue weighted by molar-refractivity contribution is 0.660. The van der Waals surface area contributed by atoms with Crippen LogP contribution in [0.2, 0.25) is 45.8 Å². The van der Waals surface area contributed by atoms with Crippen LogP contribution in [0.4, 0.5) is 34.1 Å². The minimum absolute atomic E-state index is 0.169. The minimum atomic E-state index is -1.44. The zero-order chi connectivity index (χ0) is 44.1. The van der Waals surface area contributed by atoms with Gasteiger partial charge in [-0.3, -0.25) is 0 Å². The lowest BCUT2D eigenvalue weighted by Crippen LogP contribution is -2.37. The van der Waals surface area contributed by atoms with Crippen molar-refractivity contribution in [3.8, 4) is 11.1 Å². The van der Waals surface area contributed by atoms with E-state index in [0.29, 0.717) is 0 Å². The van der Waals surface area contributed by atoms with E-state index in [0.717, 1.165) is 5.69 Å². The number of para-hydroxylation sites is 1. The molecule has 1 aliphatic carbocycles. The lowest BCUT2D eigenvalue weighted by atomic mass is 9.81. The molecule has 0 atom stereocenters. The first-order valence-corrected chi connectivity index (χ1v) is 31.8. The minimum Gasteiger partial charge on any atom is -0.310 e. The summed E-state index contributed by atoms with van der Waals surface area (Å²) in [6, 6.07) is 66.3. The summed E-state index contributed by atoms with van der Waals surface area (Å²) in [5.74, 6) is 0. The third-order valence-electron chi connectivity index (χ3n) is 13.2. The number of fused-ring (bicyclic) bond motifs is 4. The fraction of sp³-hybridized carbons (Fsp3) is 0.172. The Kier molecular flexibility index (Phi) is 11.2. The predicted octanol–water partition coefficient (Wildman–Crippen LogP) is 14.2. The molecule has 0 N–H and O–H groups in total. The quantitative estimate of drug-likeness (QED) is 0.0944. The van der Waals surface area contributed by atoms with Crippen LogP contribution in [0.1, 0.15) is 36.1 Å². The summed E-state index contributed by atoms with van der Waals surface area (Å²) in [6.07, 6.45) is 4.60. The van der Waals surface area contributed by atoms with Crippen molar-refractivity contribution >= 4 is 98.3 Å². The van der Waals surface area contributed by atoms with Gasteiger partial charge in [0.05, 0.1) is 31.4 Å². The summed E-state index contributed by atoms with van der Waals surface area (Å²) in [4.78, 5) is 4.85. The molecule has 0 fully saturated rings. The van der Waals surface area contributed by atoms with Crippen LogP contribution < -0.4 is 25.4 Å². The van der Waals surface area contributed by atoms with Crippen molar-refractivity contribution in [2.75, 3.05) is 9.80 Å². The maximum Gasteiger partial charge on any atom is 0.0775 e. The molecule has 63 heavy (non-hydrogen) atoms. The number of hydrogen-bond donors (Lipinski definition) is 0. The Morgan fingerprint density at radius 2 is 0.937 bits per heavy atom. The number of rotatable bonds is 11. The van der Waals surface area contributed by atoms with Crippen molar-refractivity contribution in [3.63, 3.8) is 0 Å². The number of anilines is 6. The number of hydrogen-bond acceptors (Lipinski definition) is 2. The van der Waals surface area contributed by atoms with Gasteiger partial charge in [0.25, 0.3) is 0 Å². The molecule has 5 heteroatoms. The second-order valence-electron chi connectivity index (χ2n) is 19.8. The Balaban J connectivity index is 1.05. The summed E-state index contributed by atoms with van der Waals surface area (Å²) in [5.41, 5.74) is 14.7. The second kappa shape index (κ2) is 16.6. The maximum atomic E-state index is 2.44. The van der Waals surface area contributed by atoms with E-state index < -0.39 is 16.1 Å². The highest BCUT2D eigenvalue weighted by Crippen LogP contribution is 2.51.